The SMILES string of the molecule is C/C([O-])=C/C(=O)F.C/C([O-])=C/C(=O)F.C/C([O-])=C/C(=O)F.C/C([O-])=C/C(=O)F.C/C([O-])=C/C(=O)F.C/C([O-])=C/C(=O)F.[Na+].[Na+].[Na+].[Na+].[Na+].[Na+]. The van der Waals surface area contributed by atoms with Crippen molar-refractivity contribution in [1.82, 2.24) is 0 Å². The molecule has 0 amide bonds. The molecule has 0 heterocycles. The Morgan fingerprint density at radius 3 is 0.354 bits per heavy atom. The Hall–Kier alpha value is 0.840. The quantitative estimate of drug-likeness (QED) is 0.0807. The van der Waals surface area contributed by atoms with Gasteiger partial charge in [-0.2, -0.15) is 26.3 Å². The zero-order chi connectivity index (χ0) is 35.2. The minimum Gasteiger partial charge on any atom is -0.875 e. The first-order valence-corrected chi connectivity index (χ1v) is 10.0. The van der Waals surface area contributed by atoms with Crippen LogP contribution >= 0.6 is 0 Å². The van der Waals surface area contributed by atoms with Crippen molar-refractivity contribution in [3.8, 4) is 0 Å². The van der Waals surface area contributed by atoms with Crippen LogP contribution in [-0.4, -0.2) is 36.2 Å². The van der Waals surface area contributed by atoms with Crippen molar-refractivity contribution in [2.75, 3.05) is 0 Å². The van der Waals surface area contributed by atoms with Gasteiger partial charge in [0.1, 0.15) is 0 Å². The monoisotopic (exact) mass is 756 g/mol. The van der Waals surface area contributed by atoms with Gasteiger partial charge in [0.15, 0.2) is 0 Å². The third kappa shape index (κ3) is 160. The van der Waals surface area contributed by atoms with Crippen LogP contribution in [0.25, 0.3) is 0 Å². The summed E-state index contributed by atoms with van der Waals surface area (Å²) in [5.41, 5.74) is 0. The number of carbonyl (C=O) groups excluding carboxylic acids is 6. The molecule has 24 heteroatoms. The predicted molar refractivity (Wildman–Crippen MR) is 119 cm³/mol. The van der Waals surface area contributed by atoms with Crippen molar-refractivity contribution in [2.24, 2.45) is 0 Å². The maximum atomic E-state index is 11.0. The summed E-state index contributed by atoms with van der Waals surface area (Å²) >= 11 is 0. The minimum absolute atomic E-state index is 0. The normalized spacial score (nSPS) is 10.0. The zero-order valence-corrected chi connectivity index (χ0v) is 40.6. The molecular formula is C24H24F6Na6O12. The summed E-state index contributed by atoms with van der Waals surface area (Å²) in [6, 6.07) is -10.1. The van der Waals surface area contributed by atoms with E-state index in [9.17, 15) is 85.7 Å². The first-order valence-electron chi connectivity index (χ1n) is 10.0. The van der Waals surface area contributed by atoms with Gasteiger partial charge in [-0.3, -0.25) is 28.8 Å². The number of carbonyl (C=O) groups is 6. The second kappa shape index (κ2) is 57.2. The average molecular weight is 756 g/mol. The van der Waals surface area contributed by atoms with E-state index in [1.54, 1.807) is 0 Å². The van der Waals surface area contributed by atoms with Crippen LogP contribution in [0.2, 0.25) is 0 Å². The van der Waals surface area contributed by atoms with E-state index in [2.05, 4.69) is 0 Å². The molecule has 0 saturated heterocycles. The summed E-state index contributed by atoms with van der Waals surface area (Å²) in [4.78, 5) is 55.9. The number of allylic oxidation sites excluding steroid dienone is 12. The van der Waals surface area contributed by atoms with E-state index >= 15 is 0 Å². The maximum Gasteiger partial charge on any atom is 1.00 e. The van der Waals surface area contributed by atoms with E-state index in [-0.39, 0.29) is 177 Å². The summed E-state index contributed by atoms with van der Waals surface area (Å²) < 4.78 is 66.2. The molecule has 0 atom stereocenters. The third-order valence-corrected chi connectivity index (χ3v) is 1.90. The van der Waals surface area contributed by atoms with Crippen LogP contribution < -0.4 is 208 Å². The number of hydrogen-bond acceptors (Lipinski definition) is 12. The van der Waals surface area contributed by atoms with Gasteiger partial charge in [-0.05, 0) is 0 Å². The van der Waals surface area contributed by atoms with Crippen LogP contribution in [0.15, 0.2) is 71.0 Å². The number of rotatable bonds is 6. The van der Waals surface area contributed by atoms with Crippen molar-refractivity contribution in [1.29, 1.82) is 0 Å². The van der Waals surface area contributed by atoms with E-state index in [1.807, 2.05) is 0 Å². The van der Waals surface area contributed by atoms with Crippen molar-refractivity contribution < 1.29 is 263 Å². The van der Waals surface area contributed by atoms with Gasteiger partial charge in [0.05, 0.1) is 0 Å². The molecular weight excluding hydrogens is 732 g/mol. The van der Waals surface area contributed by atoms with Crippen LogP contribution in [0, 0.1) is 0 Å². The third-order valence-electron chi connectivity index (χ3n) is 1.90. The van der Waals surface area contributed by atoms with Gasteiger partial charge < -0.3 is 30.6 Å². The van der Waals surface area contributed by atoms with Crippen molar-refractivity contribution in [3.63, 3.8) is 0 Å². The van der Waals surface area contributed by atoms with E-state index in [1.165, 1.54) is 0 Å². The van der Waals surface area contributed by atoms with E-state index in [4.69, 9.17) is 0 Å². The topological polar surface area (TPSA) is 241 Å². The second-order valence-electron chi connectivity index (χ2n) is 6.35. The molecule has 0 fully saturated rings. The molecule has 0 N–H and O–H groups in total. The standard InChI is InChI=1S/6C4H5FO2.6Na/c6*1-3(6)2-4(5)7;;;;;;/h6*2,6H,1H3;;;;;;/q;;;;;;6*+1/p-6/b6*3-2-;;;;;;. The zero-order valence-electron chi connectivity index (χ0n) is 28.6. The van der Waals surface area contributed by atoms with Crippen LogP contribution in [0.5, 0.6) is 0 Å². The average Bonchev–Trinajstić information content (AvgIpc) is 2.63. The summed E-state index contributed by atoms with van der Waals surface area (Å²) in [5.74, 6) is -3.37. The van der Waals surface area contributed by atoms with Crippen LogP contribution in [-0.2, 0) is 28.8 Å². The van der Waals surface area contributed by atoms with Crippen LogP contribution in [0.3, 0.4) is 0 Å². The molecule has 0 aromatic rings. The Kier molecular flexibility index (Phi) is 98.1. The first-order chi connectivity index (χ1) is 18.8. The Labute approximate surface area is 405 Å². The molecule has 48 heavy (non-hydrogen) atoms. The Bertz CT molecular complexity index is 857. The van der Waals surface area contributed by atoms with Gasteiger partial charge in [0.25, 0.3) is 0 Å². The molecule has 0 bridgehead atoms. The molecule has 12 nitrogen and oxygen atoms in total. The van der Waals surface area contributed by atoms with Gasteiger partial charge in [0.2, 0.25) is 0 Å². The molecule has 0 saturated carbocycles. The molecule has 0 aromatic heterocycles. The molecule has 0 aromatic carbocycles. The van der Waals surface area contributed by atoms with E-state index in [0.29, 0.717) is 36.5 Å². The second-order valence-corrected chi connectivity index (χ2v) is 6.35. The Balaban J connectivity index is -0.0000000316. The van der Waals surface area contributed by atoms with Gasteiger partial charge in [-0.1, -0.05) is 41.5 Å². The van der Waals surface area contributed by atoms with Gasteiger partial charge in [0, 0.05) is 36.5 Å². The van der Waals surface area contributed by atoms with E-state index in [0.717, 1.165) is 41.5 Å². The fraction of sp³-hybridized carbons (Fsp3) is 0.250. The summed E-state index contributed by atoms with van der Waals surface area (Å²) in [6.07, 6.45) is 2.33. The molecule has 0 radical (unpaired) electrons. The van der Waals surface area contributed by atoms with Gasteiger partial charge in [-0.25, -0.2) is 0 Å². The summed E-state index contributed by atoms with van der Waals surface area (Å²) in [7, 11) is 0. The van der Waals surface area contributed by atoms with Crippen LogP contribution in [0.4, 0.5) is 26.3 Å². The largest absolute Gasteiger partial charge is 1.00 e. The van der Waals surface area contributed by atoms with E-state index < -0.39 is 70.8 Å². The minimum atomic E-state index is -1.69. The molecule has 240 valence electrons. The number of halogens is 6. The number of hydrogen-bond donors (Lipinski definition) is 0. The molecule has 0 aliphatic rings. The van der Waals surface area contributed by atoms with Crippen molar-refractivity contribution in [2.45, 2.75) is 41.5 Å². The van der Waals surface area contributed by atoms with Crippen molar-refractivity contribution in [3.05, 3.63) is 71.0 Å². The fourth-order valence-electron chi connectivity index (χ4n) is 0.959. The maximum absolute atomic E-state index is 11.0. The van der Waals surface area contributed by atoms with Crippen LogP contribution in [0.1, 0.15) is 41.5 Å². The molecule has 0 rings (SSSR count). The predicted octanol–water partition coefficient (Wildman–Crippen LogP) is -19.5. The Morgan fingerprint density at radius 2 is 0.354 bits per heavy atom. The Morgan fingerprint density at radius 1 is 0.292 bits per heavy atom. The smallest absolute Gasteiger partial charge is 0.875 e. The fourth-order valence-corrected chi connectivity index (χ4v) is 0.959. The molecule has 0 aliphatic heterocycles. The summed E-state index contributed by atoms with van der Waals surface area (Å²) in [5, 5.41) is 58.4. The molecule has 0 spiro atoms. The first kappa shape index (κ1) is 82.4. The summed E-state index contributed by atoms with van der Waals surface area (Å²) in [6.45, 7) is 6.65. The van der Waals surface area contributed by atoms with Gasteiger partial charge >= 0.3 is 214 Å². The van der Waals surface area contributed by atoms with Gasteiger partial charge in [-0.15, -0.1) is 34.6 Å². The molecule has 0 unspecified atom stereocenters. The molecule has 0 aliphatic carbocycles. The van der Waals surface area contributed by atoms with Crippen molar-refractivity contribution >= 4 is 36.2 Å².